The van der Waals surface area contributed by atoms with Crippen molar-refractivity contribution in [1.82, 2.24) is 10.3 Å². The van der Waals surface area contributed by atoms with Gasteiger partial charge in [-0.2, -0.15) is 8.78 Å². The minimum absolute atomic E-state index is 0.0174. The van der Waals surface area contributed by atoms with E-state index in [4.69, 9.17) is 0 Å². The van der Waals surface area contributed by atoms with Gasteiger partial charge in [-0.1, -0.05) is 6.07 Å². The van der Waals surface area contributed by atoms with Gasteiger partial charge in [0.1, 0.15) is 5.82 Å². The third-order valence-electron chi connectivity index (χ3n) is 4.21. The van der Waals surface area contributed by atoms with E-state index in [-0.39, 0.29) is 11.7 Å². The van der Waals surface area contributed by atoms with Gasteiger partial charge in [0.05, 0.1) is 0 Å². The maximum atomic E-state index is 13.7. The number of carbonyl (C=O) groups is 1. The molecule has 1 aromatic carbocycles. The summed E-state index contributed by atoms with van der Waals surface area (Å²) < 4.78 is 42.0. The maximum absolute atomic E-state index is 13.7. The number of aromatic nitrogens is 1. The van der Waals surface area contributed by atoms with Crippen molar-refractivity contribution in [2.75, 3.05) is 23.3 Å². The van der Waals surface area contributed by atoms with Crippen molar-refractivity contribution in [2.24, 2.45) is 0 Å². The predicted octanol–water partition coefficient (Wildman–Crippen LogP) is 3.61. The quantitative estimate of drug-likeness (QED) is 0.832. The van der Waals surface area contributed by atoms with E-state index in [2.05, 4.69) is 25.3 Å². The molecule has 0 atom stereocenters. The molecule has 2 heterocycles. The highest BCUT2D eigenvalue weighted by molar-refractivity contribution is 5.89. The van der Waals surface area contributed by atoms with Gasteiger partial charge in [0.15, 0.2) is 11.6 Å². The van der Waals surface area contributed by atoms with Gasteiger partial charge in [-0.25, -0.2) is 14.2 Å². The molecule has 1 aromatic heterocycles. The Bertz CT molecular complexity index is 768. The van der Waals surface area contributed by atoms with Gasteiger partial charge in [0, 0.05) is 37.1 Å². The van der Waals surface area contributed by atoms with E-state index >= 15 is 0 Å². The van der Waals surface area contributed by atoms with Gasteiger partial charge in [0.25, 0.3) is 0 Å². The number of piperidine rings is 1. The molecular formula is C18H19F3N4O2. The van der Waals surface area contributed by atoms with Crippen LogP contribution in [0.5, 0.6) is 5.75 Å². The summed E-state index contributed by atoms with van der Waals surface area (Å²) in [6.45, 7) is -1.59. The molecule has 3 rings (SSSR count). The summed E-state index contributed by atoms with van der Waals surface area (Å²) in [6, 6.07) is 8.50. The fourth-order valence-corrected chi connectivity index (χ4v) is 2.92. The van der Waals surface area contributed by atoms with Gasteiger partial charge < -0.3 is 20.3 Å². The lowest BCUT2D eigenvalue weighted by molar-refractivity contribution is -0.0521. The lowest BCUT2D eigenvalue weighted by Crippen LogP contribution is -2.46. The zero-order valence-corrected chi connectivity index (χ0v) is 14.4. The predicted molar refractivity (Wildman–Crippen MR) is 94.7 cm³/mol. The second kappa shape index (κ2) is 8.61. The topological polar surface area (TPSA) is 66.5 Å². The highest BCUT2D eigenvalue weighted by Crippen LogP contribution is 2.23. The van der Waals surface area contributed by atoms with Crippen molar-refractivity contribution in [2.45, 2.75) is 25.5 Å². The first kappa shape index (κ1) is 18.8. The van der Waals surface area contributed by atoms with Gasteiger partial charge in [-0.3, -0.25) is 0 Å². The molecule has 1 fully saturated rings. The Hall–Kier alpha value is -2.97. The first-order valence-electron chi connectivity index (χ1n) is 8.49. The Balaban J connectivity index is 1.48. The van der Waals surface area contributed by atoms with Crippen LogP contribution in [0, 0.1) is 5.82 Å². The summed E-state index contributed by atoms with van der Waals surface area (Å²) >= 11 is 0. The molecule has 0 radical (unpaired) electrons. The molecule has 2 amide bonds. The number of alkyl halides is 2. The number of rotatable bonds is 5. The standard InChI is InChI=1S/C18H19F3N4O2/c19-14-11-13(4-5-15(14)27-17(20)21)24-18(26)23-12-6-9-25(10-7-12)16-3-1-2-8-22-16/h1-5,8,11-12,17H,6-7,9-10H2,(H2,23,24,26). The van der Waals surface area contributed by atoms with Crippen LogP contribution in [0.1, 0.15) is 12.8 Å². The molecule has 27 heavy (non-hydrogen) atoms. The Labute approximate surface area is 154 Å². The zero-order chi connectivity index (χ0) is 19.2. The average Bonchev–Trinajstić information content (AvgIpc) is 2.65. The number of carbonyl (C=O) groups excluding carboxylic acids is 1. The van der Waals surface area contributed by atoms with E-state index in [9.17, 15) is 18.0 Å². The number of nitrogens with one attached hydrogen (secondary N) is 2. The minimum Gasteiger partial charge on any atom is -0.432 e. The van der Waals surface area contributed by atoms with Gasteiger partial charge in [-0.15, -0.1) is 0 Å². The van der Waals surface area contributed by atoms with Crippen molar-refractivity contribution < 1.29 is 22.7 Å². The summed E-state index contributed by atoms with van der Waals surface area (Å²) in [5, 5.41) is 5.33. The Morgan fingerprint density at radius 3 is 2.63 bits per heavy atom. The highest BCUT2D eigenvalue weighted by atomic mass is 19.3. The molecule has 1 aliphatic rings. The summed E-state index contributed by atoms with van der Waals surface area (Å²) in [5.41, 5.74) is 0.150. The molecule has 2 aromatic rings. The molecular weight excluding hydrogens is 361 g/mol. The van der Waals surface area contributed by atoms with Crippen LogP contribution < -0.4 is 20.3 Å². The van der Waals surface area contributed by atoms with E-state index in [0.29, 0.717) is 0 Å². The number of ether oxygens (including phenoxy) is 1. The molecule has 1 aliphatic heterocycles. The van der Waals surface area contributed by atoms with E-state index in [1.807, 2.05) is 18.2 Å². The molecule has 0 spiro atoms. The number of anilines is 2. The zero-order valence-electron chi connectivity index (χ0n) is 14.4. The Kier molecular flexibility index (Phi) is 6.00. The fourth-order valence-electron chi connectivity index (χ4n) is 2.92. The summed E-state index contributed by atoms with van der Waals surface area (Å²) in [5.74, 6) is -0.642. The normalized spacial score (nSPS) is 14.9. The fraction of sp³-hybridized carbons (Fsp3) is 0.333. The number of pyridine rings is 1. The number of hydrogen-bond donors (Lipinski definition) is 2. The molecule has 0 saturated carbocycles. The monoisotopic (exact) mass is 380 g/mol. The second-order valence-corrected chi connectivity index (χ2v) is 6.07. The van der Waals surface area contributed by atoms with Crippen LogP contribution in [0.15, 0.2) is 42.6 Å². The second-order valence-electron chi connectivity index (χ2n) is 6.07. The number of hydrogen-bond acceptors (Lipinski definition) is 4. The van der Waals surface area contributed by atoms with Crippen LogP contribution >= 0.6 is 0 Å². The maximum Gasteiger partial charge on any atom is 0.387 e. The molecule has 6 nitrogen and oxygen atoms in total. The van der Waals surface area contributed by atoms with Crippen LogP contribution in [0.4, 0.5) is 29.5 Å². The minimum atomic E-state index is -3.11. The first-order valence-corrected chi connectivity index (χ1v) is 8.49. The number of urea groups is 1. The number of nitrogens with zero attached hydrogens (tertiary/aromatic N) is 2. The molecule has 9 heteroatoms. The molecule has 0 bridgehead atoms. The van der Waals surface area contributed by atoms with E-state index in [1.165, 1.54) is 6.07 Å². The smallest absolute Gasteiger partial charge is 0.387 e. The lowest BCUT2D eigenvalue weighted by Gasteiger charge is -2.33. The largest absolute Gasteiger partial charge is 0.432 e. The van der Waals surface area contributed by atoms with Crippen LogP contribution in [0.25, 0.3) is 0 Å². The molecule has 0 aliphatic carbocycles. The Morgan fingerprint density at radius 2 is 2.00 bits per heavy atom. The van der Waals surface area contributed by atoms with Crippen LogP contribution in [0.3, 0.4) is 0 Å². The first-order chi connectivity index (χ1) is 13.0. The number of benzene rings is 1. The third-order valence-corrected chi connectivity index (χ3v) is 4.21. The van der Waals surface area contributed by atoms with Crippen LogP contribution in [-0.4, -0.2) is 36.8 Å². The molecule has 1 saturated heterocycles. The van der Waals surface area contributed by atoms with E-state index in [0.717, 1.165) is 43.9 Å². The Morgan fingerprint density at radius 1 is 1.22 bits per heavy atom. The van der Waals surface area contributed by atoms with Crippen molar-refractivity contribution in [3.8, 4) is 5.75 Å². The number of amides is 2. The highest BCUT2D eigenvalue weighted by Gasteiger charge is 2.21. The summed E-state index contributed by atoms with van der Waals surface area (Å²) in [6.07, 6.45) is 3.24. The molecule has 2 N–H and O–H groups in total. The van der Waals surface area contributed by atoms with Gasteiger partial charge in [0.2, 0.25) is 0 Å². The SMILES string of the molecule is O=C(Nc1ccc(OC(F)F)c(F)c1)NC1CCN(c2ccccn2)CC1. The third kappa shape index (κ3) is 5.25. The van der Waals surface area contributed by atoms with Crippen molar-refractivity contribution in [3.63, 3.8) is 0 Å². The van der Waals surface area contributed by atoms with Crippen molar-refractivity contribution in [3.05, 3.63) is 48.4 Å². The molecule has 144 valence electrons. The van der Waals surface area contributed by atoms with E-state index in [1.54, 1.807) is 6.20 Å². The van der Waals surface area contributed by atoms with Crippen LogP contribution in [0.2, 0.25) is 0 Å². The summed E-state index contributed by atoms with van der Waals surface area (Å²) in [7, 11) is 0. The summed E-state index contributed by atoms with van der Waals surface area (Å²) in [4.78, 5) is 18.5. The average molecular weight is 380 g/mol. The van der Waals surface area contributed by atoms with Crippen LogP contribution in [-0.2, 0) is 0 Å². The van der Waals surface area contributed by atoms with Gasteiger partial charge in [-0.05, 0) is 37.1 Å². The molecule has 0 unspecified atom stereocenters. The van der Waals surface area contributed by atoms with Gasteiger partial charge >= 0.3 is 12.6 Å². The van der Waals surface area contributed by atoms with Crippen molar-refractivity contribution in [1.29, 1.82) is 0 Å². The number of halogens is 3. The van der Waals surface area contributed by atoms with E-state index < -0.39 is 24.2 Å². The lowest BCUT2D eigenvalue weighted by atomic mass is 10.1. The van der Waals surface area contributed by atoms with Crippen molar-refractivity contribution >= 4 is 17.5 Å².